The van der Waals surface area contributed by atoms with Crippen molar-refractivity contribution in [1.82, 2.24) is 9.62 Å². The number of rotatable bonds is 10. The van der Waals surface area contributed by atoms with Crippen molar-refractivity contribution in [1.29, 1.82) is 0 Å². The fourth-order valence-corrected chi connectivity index (χ4v) is 5.93. The van der Waals surface area contributed by atoms with E-state index in [2.05, 4.69) is 9.71 Å². The molecule has 0 spiro atoms. The molecule has 0 aromatic heterocycles. The number of sulfonamides is 1. The molecular weight excluding hydrogens is 546 g/mol. The predicted octanol–water partition coefficient (Wildman–Crippen LogP) is 1.78. The summed E-state index contributed by atoms with van der Waals surface area (Å²) >= 11 is 0. The van der Waals surface area contributed by atoms with E-state index in [0.29, 0.717) is 30.5 Å². The first kappa shape index (κ1) is 29.8. The molecule has 216 valence electrons. The molecule has 4 rings (SSSR count). The van der Waals surface area contributed by atoms with Gasteiger partial charge in [0.15, 0.2) is 0 Å². The van der Waals surface area contributed by atoms with E-state index < -0.39 is 40.4 Å². The lowest BCUT2D eigenvalue weighted by Crippen LogP contribution is -2.46. The van der Waals surface area contributed by atoms with Crippen molar-refractivity contribution in [2.45, 2.75) is 49.1 Å². The molecule has 41 heavy (non-hydrogen) atoms. The summed E-state index contributed by atoms with van der Waals surface area (Å²) in [5.41, 5.74) is 13.3. The van der Waals surface area contributed by atoms with Crippen molar-refractivity contribution in [3.05, 3.63) is 77.9 Å². The molecule has 1 heterocycles. The molecule has 0 aliphatic carbocycles. The van der Waals surface area contributed by atoms with Gasteiger partial charge in [-0.1, -0.05) is 54.6 Å². The number of piperidine rings is 1. The van der Waals surface area contributed by atoms with E-state index in [1.807, 2.05) is 12.1 Å². The maximum atomic E-state index is 13.0. The molecule has 0 saturated carbocycles. The summed E-state index contributed by atoms with van der Waals surface area (Å²) in [5, 5.41) is 10.8. The summed E-state index contributed by atoms with van der Waals surface area (Å²) in [6.45, 7) is 1.43. The van der Waals surface area contributed by atoms with Crippen molar-refractivity contribution >= 4 is 44.4 Å². The Kier molecular flexibility index (Phi) is 9.48. The maximum absolute atomic E-state index is 13.0. The van der Waals surface area contributed by atoms with Gasteiger partial charge in [-0.2, -0.15) is 9.71 Å². The zero-order valence-corrected chi connectivity index (χ0v) is 23.2. The van der Waals surface area contributed by atoms with Crippen LogP contribution in [0, 0.1) is 0 Å². The van der Waals surface area contributed by atoms with Crippen LogP contribution in [0.1, 0.15) is 36.8 Å². The number of carboxylic acids is 1. The Hall–Kier alpha value is -4.13. The van der Waals surface area contributed by atoms with Crippen molar-refractivity contribution in [3.8, 4) is 0 Å². The predicted molar refractivity (Wildman–Crippen MR) is 155 cm³/mol. The summed E-state index contributed by atoms with van der Waals surface area (Å²) in [6.07, 6.45) is 2.55. The zero-order valence-electron chi connectivity index (χ0n) is 22.4. The fourth-order valence-electron chi connectivity index (χ4n) is 4.71. The van der Waals surface area contributed by atoms with Crippen molar-refractivity contribution in [3.63, 3.8) is 0 Å². The van der Waals surface area contributed by atoms with E-state index in [1.54, 1.807) is 47.4 Å². The van der Waals surface area contributed by atoms with E-state index in [9.17, 15) is 27.9 Å². The van der Waals surface area contributed by atoms with Crippen molar-refractivity contribution < 1.29 is 27.9 Å². The number of likely N-dealkylation sites (tertiary alicyclic amines) is 1. The molecule has 11 nitrogen and oxygen atoms in total. The van der Waals surface area contributed by atoms with Crippen molar-refractivity contribution in [2.75, 3.05) is 13.1 Å². The van der Waals surface area contributed by atoms with Gasteiger partial charge in [0.05, 0.1) is 17.4 Å². The molecule has 2 amide bonds. The monoisotopic (exact) mass is 579 g/mol. The number of aliphatic imine (C=N–C) groups is 1. The molecule has 2 atom stereocenters. The lowest BCUT2D eigenvalue weighted by atomic mass is 10.0. The first-order valence-corrected chi connectivity index (χ1v) is 14.8. The highest BCUT2D eigenvalue weighted by molar-refractivity contribution is 7.89. The average molecular weight is 580 g/mol. The Morgan fingerprint density at radius 1 is 0.951 bits per heavy atom. The van der Waals surface area contributed by atoms with E-state index >= 15 is 0 Å². The van der Waals surface area contributed by atoms with Gasteiger partial charge < -0.3 is 21.5 Å². The largest absolute Gasteiger partial charge is 0.481 e. The van der Waals surface area contributed by atoms with Crippen LogP contribution in [0.3, 0.4) is 0 Å². The van der Waals surface area contributed by atoms with Crippen LogP contribution in [0.5, 0.6) is 0 Å². The number of hydrogen-bond donors (Lipinski definition) is 4. The standard InChI is InChI=1S/C29H33N5O6S/c30-24(29(38)34-14-4-1-5-15-34)16-19-8-10-21(11-9-19)27(31)32-28(37)25(18-26(35)36)33-41(39,40)23-13-12-20-6-2-3-7-22(20)17-23/h2-3,6-13,17,24-25,33H,1,4-5,14-16,18,30H2,(H,35,36)(H2,31,32,37)/t24-,25-/m0/s1. The molecule has 3 aromatic rings. The molecule has 3 aromatic carbocycles. The minimum Gasteiger partial charge on any atom is -0.481 e. The van der Waals surface area contributed by atoms with Crippen LogP contribution >= 0.6 is 0 Å². The highest BCUT2D eigenvalue weighted by Crippen LogP contribution is 2.20. The summed E-state index contributed by atoms with van der Waals surface area (Å²) in [4.78, 5) is 42.4. The van der Waals surface area contributed by atoms with Gasteiger partial charge in [-0.05, 0) is 54.2 Å². The Morgan fingerprint density at radius 2 is 1.61 bits per heavy atom. The molecule has 6 N–H and O–H groups in total. The first-order valence-electron chi connectivity index (χ1n) is 13.3. The number of aliphatic carboxylic acids is 1. The van der Waals surface area contributed by atoms with E-state index in [1.165, 1.54) is 12.1 Å². The Balaban J connectivity index is 1.45. The number of fused-ring (bicyclic) bond motifs is 1. The zero-order chi connectivity index (χ0) is 29.6. The van der Waals surface area contributed by atoms with Gasteiger partial charge in [-0.25, -0.2) is 8.42 Å². The van der Waals surface area contributed by atoms with Gasteiger partial charge in [0.25, 0.3) is 5.91 Å². The number of carbonyl (C=O) groups is 3. The van der Waals surface area contributed by atoms with E-state index in [0.717, 1.165) is 30.2 Å². The molecule has 1 aliphatic rings. The van der Waals surface area contributed by atoms with Crippen LogP contribution in [0.15, 0.2) is 76.6 Å². The third kappa shape index (κ3) is 7.75. The lowest BCUT2D eigenvalue weighted by Gasteiger charge is -2.29. The number of nitrogens with zero attached hydrogens (tertiary/aromatic N) is 2. The molecule has 1 saturated heterocycles. The number of nitrogens with one attached hydrogen (secondary N) is 1. The molecular formula is C29H33N5O6S. The molecule has 0 radical (unpaired) electrons. The number of amides is 2. The number of nitrogens with two attached hydrogens (primary N) is 2. The Bertz CT molecular complexity index is 1570. The van der Waals surface area contributed by atoms with E-state index in [4.69, 9.17) is 11.5 Å². The summed E-state index contributed by atoms with van der Waals surface area (Å²) in [7, 11) is -4.26. The smallest absolute Gasteiger partial charge is 0.305 e. The Morgan fingerprint density at radius 3 is 2.27 bits per heavy atom. The minimum atomic E-state index is -4.26. The quantitative estimate of drug-likeness (QED) is 0.207. The third-order valence-corrected chi connectivity index (χ3v) is 8.40. The van der Waals surface area contributed by atoms with Crippen LogP contribution in [0.2, 0.25) is 0 Å². The highest BCUT2D eigenvalue weighted by atomic mass is 32.2. The fraction of sp³-hybridized carbons (Fsp3) is 0.310. The normalized spacial score (nSPS) is 15.8. The number of benzene rings is 3. The summed E-state index contributed by atoms with van der Waals surface area (Å²) < 4.78 is 28.2. The van der Waals surface area contributed by atoms with Gasteiger partial charge in [0, 0.05) is 18.7 Å². The summed E-state index contributed by atoms with van der Waals surface area (Å²) in [6, 6.07) is 15.8. The van der Waals surface area contributed by atoms with Gasteiger partial charge >= 0.3 is 5.97 Å². The number of hydrogen-bond acceptors (Lipinski definition) is 6. The van der Waals surface area contributed by atoms with E-state index in [-0.39, 0.29) is 16.6 Å². The molecule has 1 fully saturated rings. The van der Waals surface area contributed by atoms with Crippen LogP contribution in [-0.2, 0) is 30.8 Å². The second-order valence-corrected chi connectivity index (χ2v) is 11.7. The second kappa shape index (κ2) is 13.0. The number of carboxylic acid groups (broad SMARTS) is 1. The third-order valence-electron chi connectivity index (χ3n) is 6.93. The number of carbonyl (C=O) groups excluding carboxylic acids is 2. The topological polar surface area (TPSA) is 185 Å². The lowest BCUT2D eigenvalue weighted by molar-refractivity contribution is -0.139. The van der Waals surface area contributed by atoms with Gasteiger partial charge in [-0.15, -0.1) is 0 Å². The average Bonchev–Trinajstić information content (AvgIpc) is 2.96. The van der Waals surface area contributed by atoms with Crippen LogP contribution in [0.4, 0.5) is 0 Å². The molecule has 12 heteroatoms. The number of amidine groups is 1. The maximum Gasteiger partial charge on any atom is 0.305 e. The molecule has 0 bridgehead atoms. The van der Waals surface area contributed by atoms with Crippen molar-refractivity contribution in [2.24, 2.45) is 16.5 Å². The first-order chi connectivity index (χ1) is 19.5. The SMILES string of the molecule is NC(=NC(=O)[C@H](CC(=O)O)NS(=O)(=O)c1ccc2ccccc2c1)c1ccc(C[C@H](N)C(=O)N2CCCCC2)cc1. The van der Waals surface area contributed by atoms with Gasteiger partial charge in [0.1, 0.15) is 11.9 Å². The van der Waals surface area contributed by atoms with Crippen LogP contribution in [0.25, 0.3) is 10.8 Å². The van der Waals surface area contributed by atoms with Crippen LogP contribution in [-0.4, -0.2) is 67.2 Å². The van der Waals surface area contributed by atoms with Gasteiger partial charge in [-0.3, -0.25) is 14.4 Å². The minimum absolute atomic E-state index is 0.0870. The Labute approximate surface area is 238 Å². The molecule has 0 unspecified atom stereocenters. The molecule has 1 aliphatic heterocycles. The highest BCUT2D eigenvalue weighted by Gasteiger charge is 2.28. The summed E-state index contributed by atoms with van der Waals surface area (Å²) in [5.74, 6) is -2.74. The van der Waals surface area contributed by atoms with Crippen LogP contribution < -0.4 is 16.2 Å². The second-order valence-electron chi connectivity index (χ2n) is 10.0. The van der Waals surface area contributed by atoms with Gasteiger partial charge in [0.2, 0.25) is 15.9 Å².